The van der Waals surface area contributed by atoms with Gasteiger partial charge in [0.25, 0.3) is 0 Å². The molecular weight excluding hydrogens is 184 g/mol. The Labute approximate surface area is 91.9 Å². The molecule has 0 spiro atoms. The maximum Gasteiger partial charge on any atom is 0.0208 e. The summed E-state index contributed by atoms with van der Waals surface area (Å²) in [7, 11) is 0. The summed E-state index contributed by atoms with van der Waals surface area (Å²) in [5, 5.41) is 3.43. The highest BCUT2D eigenvalue weighted by atomic mass is 14.9. The molecule has 82 valence electrons. The van der Waals surface area contributed by atoms with Crippen LogP contribution in [0.25, 0.3) is 0 Å². The zero-order valence-corrected chi connectivity index (χ0v) is 9.59. The summed E-state index contributed by atoms with van der Waals surface area (Å²) in [5.74, 6) is 1.10. The van der Waals surface area contributed by atoms with Crippen LogP contribution >= 0.6 is 0 Å². The summed E-state index contributed by atoms with van der Waals surface area (Å²) in [5.41, 5.74) is 10.1. The van der Waals surface area contributed by atoms with E-state index in [-0.39, 0.29) is 0 Å². The molecule has 2 nitrogen and oxygen atoms in total. The van der Waals surface area contributed by atoms with Crippen LogP contribution in [0, 0.1) is 0 Å². The van der Waals surface area contributed by atoms with Crippen LogP contribution in [0.5, 0.6) is 0 Å². The maximum atomic E-state index is 5.78. The van der Waals surface area contributed by atoms with E-state index in [4.69, 9.17) is 5.73 Å². The van der Waals surface area contributed by atoms with Gasteiger partial charge in [-0.3, -0.25) is 0 Å². The Hall–Kier alpha value is -0.860. The molecule has 1 heterocycles. The van der Waals surface area contributed by atoms with E-state index in [0.717, 1.165) is 19.6 Å². The summed E-state index contributed by atoms with van der Waals surface area (Å²) in [6.45, 7) is 7.22. The predicted octanol–water partition coefficient (Wildman–Crippen LogP) is 1.96. The van der Waals surface area contributed by atoms with Gasteiger partial charge in [0, 0.05) is 25.6 Å². The van der Waals surface area contributed by atoms with E-state index in [9.17, 15) is 0 Å². The number of benzene rings is 1. The SMILES string of the molecule is CC(C)c1ccc2c(c1)CNCC2CN. The fraction of sp³-hybridized carbons (Fsp3) is 0.538. The number of rotatable bonds is 2. The quantitative estimate of drug-likeness (QED) is 0.773. The van der Waals surface area contributed by atoms with Gasteiger partial charge in [0.15, 0.2) is 0 Å². The van der Waals surface area contributed by atoms with Gasteiger partial charge in [-0.15, -0.1) is 0 Å². The van der Waals surface area contributed by atoms with Crippen LogP contribution in [0.3, 0.4) is 0 Å². The Balaban J connectivity index is 2.36. The molecule has 0 saturated heterocycles. The second kappa shape index (κ2) is 4.33. The summed E-state index contributed by atoms with van der Waals surface area (Å²) in [4.78, 5) is 0. The van der Waals surface area contributed by atoms with Crippen molar-refractivity contribution >= 4 is 0 Å². The first-order chi connectivity index (χ1) is 7.22. The second-order valence-corrected chi connectivity index (χ2v) is 4.68. The molecule has 0 bridgehead atoms. The van der Waals surface area contributed by atoms with Crippen LogP contribution < -0.4 is 11.1 Å². The molecule has 1 atom stereocenters. The first-order valence-electron chi connectivity index (χ1n) is 5.76. The van der Waals surface area contributed by atoms with E-state index >= 15 is 0 Å². The van der Waals surface area contributed by atoms with E-state index < -0.39 is 0 Å². The molecule has 1 aromatic carbocycles. The van der Waals surface area contributed by atoms with Gasteiger partial charge in [-0.05, 0) is 22.6 Å². The third kappa shape index (κ3) is 2.06. The first-order valence-corrected chi connectivity index (χ1v) is 5.76. The maximum absolute atomic E-state index is 5.78. The summed E-state index contributed by atoms with van der Waals surface area (Å²) < 4.78 is 0. The first kappa shape index (κ1) is 10.7. The molecule has 2 rings (SSSR count). The fourth-order valence-corrected chi connectivity index (χ4v) is 2.24. The zero-order chi connectivity index (χ0) is 10.8. The van der Waals surface area contributed by atoms with Gasteiger partial charge in [-0.25, -0.2) is 0 Å². The van der Waals surface area contributed by atoms with Crippen molar-refractivity contribution in [3.8, 4) is 0 Å². The van der Waals surface area contributed by atoms with Crippen LogP contribution in [0.2, 0.25) is 0 Å². The Bertz CT molecular complexity index is 344. The molecule has 3 N–H and O–H groups in total. The van der Waals surface area contributed by atoms with Crippen molar-refractivity contribution in [2.75, 3.05) is 13.1 Å². The third-order valence-corrected chi connectivity index (χ3v) is 3.26. The van der Waals surface area contributed by atoms with Crippen molar-refractivity contribution in [3.63, 3.8) is 0 Å². The summed E-state index contributed by atoms with van der Waals surface area (Å²) in [6.07, 6.45) is 0. The average Bonchev–Trinajstić information content (AvgIpc) is 2.27. The highest BCUT2D eigenvalue weighted by Crippen LogP contribution is 2.26. The summed E-state index contributed by atoms with van der Waals surface area (Å²) >= 11 is 0. The monoisotopic (exact) mass is 204 g/mol. The van der Waals surface area contributed by atoms with Gasteiger partial charge in [-0.1, -0.05) is 32.0 Å². The number of fused-ring (bicyclic) bond motifs is 1. The van der Waals surface area contributed by atoms with Crippen LogP contribution in [0.15, 0.2) is 18.2 Å². The number of nitrogens with one attached hydrogen (secondary N) is 1. The number of hydrogen-bond acceptors (Lipinski definition) is 2. The Morgan fingerprint density at radius 2 is 2.27 bits per heavy atom. The molecule has 2 heteroatoms. The van der Waals surface area contributed by atoms with Crippen LogP contribution in [0.1, 0.15) is 42.4 Å². The lowest BCUT2D eigenvalue weighted by Gasteiger charge is -2.26. The smallest absolute Gasteiger partial charge is 0.0208 e. The molecule has 1 aromatic rings. The lowest BCUT2D eigenvalue weighted by Crippen LogP contribution is -2.32. The fourth-order valence-electron chi connectivity index (χ4n) is 2.24. The van der Waals surface area contributed by atoms with Crippen molar-refractivity contribution < 1.29 is 0 Å². The van der Waals surface area contributed by atoms with Crippen molar-refractivity contribution in [3.05, 3.63) is 34.9 Å². The predicted molar refractivity (Wildman–Crippen MR) is 64.0 cm³/mol. The lowest BCUT2D eigenvalue weighted by molar-refractivity contribution is 0.546. The van der Waals surface area contributed by atoms with Crippen molar-refractivity contribution in [1.82, 2.24) is 5.32 Å². The second-order valence-electron chi connectivity index (χ2n) is 4.68. The van der Waals surface area contributed by atoms with Gasteiger partial charge in [0.05, 0.1) is 0 Å². The molecule has 1 unspecified atom stereocenters. The van der Waals surface area contributed by atoms with Crippen molar-refractivity contribution in [1.29, 1.82) is 0 Å². The van der Waals surface area contributed by atoms with Crippen molar-refractivity contribution in [2.24, 2.45) is 5.73 Å². The highest BCUT2D eigenvalue weighted by Gasteiger charge is 2.18. The van der Waals surface area contributed by atoms with Gasteiger partial charge in [0.2, 0.25) is 0 Å². The molecule has 1 aliphatic heterocycles. The molecule has 15 heavy (non-hydrogen) atoms. The van der Waals surface area contributed by atoms with Crippen LogP contribution in [0.4, 0.5) is 0 Å². The number of hydrogen-bond donors (Lipinski definition) is 2. The Morgan fingerprint density at radius 3 is 2.93 bits per heavy atom. The molecule has 0 saturated carbocycles. The molecule has 0 aromatic heterocycles. The topological polar surface area (TPSA) is 38.0 Å². The van der Waals surface area contributed by atoms with E-state index in [1.165, 1.54) is 16.7 Å². The molecule has 0 aliphatic carbocycles. The van der Waals surface area contributed by atoms with Crippen molar-refractivity contribution in [2.45, 2.75) is 32.2 Å². The Kier molecular flexibility index (Phi) is 3.08. The molecule has 0 amide bonds. The standard InChI is InChI=1S/C13H20N2/c1-9(2)10-3-4-13-11(5-10)7-15-8-12(13)6-14/h3-5,9,12,15H,6-8,14H2,1-2H3. The molecule has 0 radical (unpaired) electrons. The minimum Gasteiger partial charge on any atom is -0.330 e. The van der Waals surface area contributed by atoms with E-state index in [1.807, 2.05) is 0 Å². The molecule has 0 fully saturated rings. The van der Waals surface area contributed by atoms with E-state index in [1.54, 1.807) is 0 Å². The van der Waals surface area contributed by atoms with Gasteiger partial charge < -0.3 is 11.1 Å². The largest absolute Gasteiger partial charge is 0.330 e. The summed E-state index contributed by atoms with van der Waals surface area (Å²) in [6, 6.07) is 6.84. The van der Waals surface area contributed by atoms with Crippen LogP contribution in [-0.4, -0.2) is 13.1 Å². The van der Waals surface area contributed by atoms with Crippen LogP contribution in [-0.2, 0) is 6.54 Å². The lowest BCUT2D eigenvalue weighted by atomic mass is 9.88. The Morgan fingerprint density at radius 1 is 1.47 bits per heavy atom. The highest BCUT2D eigenvalue weighted by molar-refractivity contribution is 5.37. The molecular formula is C13H20N2. The third-order valence-electron chi connectivity index (χ3n) is 3.26. The zero-order valence-electron chi connectivity index (χ0n) is 9.59. The normalized spacial score (nSPS) is 20.4. The number of nitrogens with two attached hydrogens (primary N) is 1. The van der Waals surface area contributed by atoms with Gasteiger partial charge >= 0.3 is 0 Å². The minimum atomic E-state index is 0.495. The van der Waals surface area contributed by atoms with Gasteiger partial charge in [-0.2, -0.15) is 0 Å². The van der Waals surface area contributed by atoms with E-state index in [0.29, 0.717) is 11.8 Å². The minimum absolute atomic E-state index is 0.495. The van der Waals surface area contributed by atoms with E-state index in [2.05, 4.69) is 37.4 Å². The average molecular weight is 204 g/mol. The van der Waals surface area contributed by atoms with Gasteiger partial charge in [0.1, 0.15) is 0 Å². The molecule has 1 aliphatic rings.